The lowest BCUT2D eigenvalue weighted by atomic mass is 10.1. The van der Waals surface area contributed by atoms with Crippen molar-refractivity contribution in [3.05, 3.63) is 59.7 Å². The van der Waals surface area contributed by atoms with Crippen molar-refractivity contribution in [3.63, 3.8) is 0 Å². The normalized spacial score (nSPS) is 10.2. The second kappa shape index (κ2) is 7.48. The zero-order chi connectivity index (χ0) is 15.1. The molecule has 3 heteroatoms. The van der Waals surface area contributed by atoms with Gasteiger partial charge in [0, 0.05) is 12.1 Å². The highest BCUT2D eigenvalue weighted by Gasteiger charge is 2.03. The Bertz CT molecular complexity index is 593. The van der Waals surface area contributed by atoms with Crippen molar-refractivity contribution in [1.29, 1.82) is 0 Å². The fourth-order valence-corrected chi connectivity index (χ4v) is 2.02. The molecule has 0 aliphatic heterocycles. The second-order valence-electron chi connectivity index (χ2n) is 5.14. The van der Waals surface area contributed by atoms with E-state index in [1.807, 2.05) is 56.3 Å². The molecule has 0 saturated heterocycles. The second-order valence-corrected chi connectivity index (χ2v) is 5.14. The molecule has 0 spiro atoms. The summed E-state index contributed by atoms with van der Waals surface area (Å²) in [7, 11) is 0. The number of nitrogens with one attached hydrogen (secondary N) is 1. The number of carbonyl (C=O) groups is 1. The van der Waals surface area contributed by atoms with Crippen molar-refractivity contribution in [1.82, 2.24) is 0 Å². The van der Waals surface area contributed by atoms with Gasteiger partial charge in [-0.2, -0.15) is 0 Å². The van der Waals surface area contributed by atoms with Gasteiger partial charge in [0.25, 0.3) is 0 Å². The summed E-state index contributed by atoms with van der Waals surface area (Å²) >= 11 is 0. The van der Waals surface area contributed by atoms with Crippen molar-refractivity contribution < 1.29 is 9.53 Å². The maximum absolute atomic E-state index is 11.8. The van der Waals surface area contributed by atoms with Crippen LogP contribution in [-0.4, -0.2) is 12.5 Å². The van der Waals surface area contributed by atoms with Crippen LogP contribution in [0.4, 0.5) is 5.69 Å². The third-order valence-electron chi connectivity index (χ3n) is 3.21. The smallest absolute Gasteiger partial charge is 0.224 e. The molecule has 1 amide bonds. The number of aryl methyl sites for hydroxylation is 2. The minimum atomic E-state index is 0.0192. The molecular weight excluding hydrogens is 262 g/mol. The summed E-state index contributed by atoms with van der Waals surface area (Å²) in [5.41, 5.74) is 3.13. The van der Waals surface area contributed by atoms with E-state index in [9.17, 15) is 4.79 Å². The van der Waals surface area contributed by atoms with Crippen LogP contribution >= 0.6 is 0 Å². The first-order valence-electron chi connectivity index (χ1n) is 7.20. The minimum absolute atomic E-state index is 0.0192. The van der Waals surface area contributed by atoms with Crippen molar-refractivity contribution in [2.45, 2.75) is 26.7 Å². The van der Waals surface area contributed by atoms with E-state index >= 15 is 0 Å². The van der Waals surface area contributed by atoms with Crippen LogP contribution < -0.4 is 10.1 Å². The third-order valence-corrected chi connectivity index (χ3v) is 3.21. The lowest BCUT2D eigenvalue weighted by Crippen LogP contribution is -2.12. The Labute approximate surface area is 126 Å². The van der Waals surface area contributed by atoms with E-state index < -0.39 is 0 Å². The fraction of sp³-hybridized carbons (Fsp3) is 0.278. The topological polar surface area (TPSA) is 38.3 Å². The van der Waals surface area contributed by atoms with Crippen LogP contribution in [0.2, 0.25) is 0 Å². The average molecular weight is 283 g/mol. The van der Waals surface area contributed by atoms with E-state index in [1.165, 1.54) is 5.56 Å². The number of rotatable bonds is 6. The number of para-hydroxylation sites is 1. The van der Waals surface area contributed by atoms with Gasteiger partial charge in [-0.05, 0) is 49.6 Å². The first-order valence-corrected chi connectivity index (χ1v) is 7.20. The summed E-state index contributed by atoms with van der Waals surface area (Å²) < 4.78 is 5.74. The highest BCUT2D eigenvalue weighted by molar-refractivity contribution is 5.90. The lowest BCUT2D eigenvalue weighted by Gasteiger charge is -2.10. The summed E-state index contributed by atoms with van der Waals surface area (Å²) in [6.07, 6.45) is 1.16. The molecule has 110 valence electrons. The molecule has 0 unspecified atom stereocenters. The van der Waals surface area contributed by atoms with E-state index in [-0.39, 0.29) is 5.91 Å². The Morgan fingerprint density at radius 1 is 1.10 bits per heavy atom. The predicted molar refractivity (Wildman–Crippen MR) is 85.7 cm³/mol. The number of benzene rings is 2. The largest absolute Gasteiger partial charge is 0.493 e. The SMILES string of the molecule is Cc1ccc(C)c(OCCCC(=O)Nc2ccccc2)c1. The molecule has 0 saturated carbocycles. The molecule has 21 heavy (non-hydrogen) atoms. The first-order chi connectivity index (χ1) is 10.1. The molecule has 0 aliphatic carbocycles. The van der Waals surface area contributed by atoms with Gasteiger partial charge in [-0.15, -0.1) is 0 Å². The van der Waals surface area contributed by atoms with Gasteiger partial charge in [-0.1, -0.05) is 30.3 Å². The molecule has 2 rings (SSSR count). The van der Waals surface area contributed by atoms with Gasteiger partial charge in [0.15, 0.2) is 0 Å². The van der Waals surface area contributed by atoms with Gasteiger partial charge in [-0.3, -0.25) is 4.79 Å². The van der Waals surface area contributed by atoms with E-state index in [0.717, 1.165) is 17.0 Å². The summed E-state index contributed by atoms with van der Waals surface area (Å²) in [6.45, 7) is 4.61. The van der Waals surface area contributed by atoms with Gasteiger partial charge in [0.05, 0.1) is 6.61 Å². The summed E-state index contributed by atoms with van der Waals surface area (Å²) in [5.74, 6) is 0.921. The quantitative estimate of drug-likeness (QED) is 0.810. The Balaban J connectivity index is 1.72. The van der Waals surface area contributed by atoms with Gasteiger partial charge in [0.2, 0.25) is 5.91 Å². The van der Waals surface area contributed by atoms with Crippen LogP contribution in [-0.2, 0) is 4.79 Å². The van der Waals surface area contributed by atoms with Gasteiger partial charge in [-0.25, -0.2) is 0 Å². The number of hydrogen-bond donors (Lipinski definition) is 1. The average Bonchev–Trinajstić information content (AvgIpc) is 2.48. The van der Waals surface area contributed by atoms with Gasteiger partial charge in [0.1, 0.15) is 5.75 Å². The van der Waals surface area contributed by atoms with Crippen LogP contribution in [0.25, 0.3) is 0 Å². The highest BCUT2D eigenvalue weighted by atomic mass is 16.5. The number of carbonyl (C=O) groups excluding carboxylic acids is 1. The van der Waals surface area contributed by atoms with Gasteiger partial charge < -0.3 is 10.1 Å². The zero-order valence-corrected chi connectivity index (χ0v) is 12.6. The third kappa shape index (κ3) is 4.95. The Morgan fingerprint density at radius 3 is 2.62 bits per heavy atom. The molecule has 0 radical (unpaired) electrons. The number of amides is 1. The fourth-order valence-electron chi connectivity index (χ4n) is 2.02. The number of anilines is 1. The molecule has 3 nitrogen and oxygen atoms in total. The van der Waals surface area contributed by atoms with Crippen molar-refractivity contribution in [2.24, 2.45) is 0 Å². The van der Waals surface area contributed by atoms with Crippen LogP contribution in [0, 0.1) is 13.8 Å². The number of hydrogen-bond acceptors (Lipinski definition) is 2. The standard InChI is InChI=1S/C18H21NO2/c1-14-10-11-15(2)17(13-14)21-12-6-9-18(20)19-16-7-4-3-5-8-16/h3-5,7-8,10-11,13H,6,9,12H2,1-2H3,(H,19,20). The minimum Gasteiger partial charge on any atom is -0.493 e. The lowest BCUT2D eigenvalue weighted by molar-refractivity contribution is -0.116. The maximum Gasteiger partial charge on any atom is 0.224 e. The molecule has 0 aromatic heterocycles. The van der Waals surface area contributed by atoms with E-state index in [2.05, 4.69) is 11.4 Å². The van der Waals surface area contributed by atoms with Crippen LogP contribution in [0.3, 0.4) is 0 Å². The van der Waals surface area contributed by atoms with Crippen molar-refractivity contribution in [2.75, 3.05) is 11.9 Å². The zero-order valence-electron chi connectivity index (χ0n) is 12.6. The van der Waals surface area contributed by atoms with Crippen LogP contribution in [0.15, 0.2) is 48.5 Å². The Hall–Kier alpha value is -2.29. The molecule has 1 N–H and O–H groups in total. The molecule has 0 aliphatic rings. The van der Waals surface area contributed by atoms with E-state index in [1.54, 1.807) is 0 Å². The van der Waals surface area contributed by atoms with E-state index in [0.29, 0.717) is 19.4 Å². The first kappa shape index (κ1) is 15.1. The molecule has 0 fully saturated rings. The molecular formula is C18H21NO2. The Kier molecular flexibility index (Phi) is 5.38. The van der Waals surface area contributed by atoms with E-state index in [4.69, 9.17) is 4.74 Å². The highest BCUT2D eigenvalue weighted by Crippen LogP contribution is 2.19. The summed E-state index contributed by atoms with van der Waals surface area (Å²) in [5, 5.41) is 2.87. The van der Waals surface area contributed by atoms with Crippen molar-refractivity contribution in [3.8, 4) is 5.75 Å². The van der Waals surface area contributed by atoms with Crippen molar-refractivity contribution >= 4 is 11.6 Å². The molecule has 2 aromatic rings. The molecule has 0 atom stereocenters. The molecule has 0 bridgehead atoms. The monoisotopic (exact) mass is 283 g/mol. The Morgan fingerprint density at radius 2 is 1.86 bits per heavy atom. The maximum atomic E-state index is 11.8. The van der Waals surface area contributed by atoms with Crippen LogP contribution in [0.5, 0.6) is 5.75 Å². The summed E-state index contributed by atoms with van der Waals surface area (Å²) in [6, 6.07) is 15.6. The predicted octanol–water partition coefficient (Wildman–Crippen LogP) is 4.10. The van der Waals surface area contributed by atoms with Gasteiger partial charge >= 0.3 is 0 Å². The summed E-state index contributed by atoms with van der Waals surface area (Å²) in [4.78, 5) is 11.8. The number of ether oxygens (including phenoxy) is 1. The molecule has 0 heterocycles. The molecule has 2 aromatic carbocycles. The van der Waals surface area contributed by atoms with Crippen LogP contribution in [0.1, 0.15) is 24.0 Å².